The summed E-state index contributed by atoms with van der Waals surface area (Å²) in [6.07, 6.45) is 3.87. The highest BCUT2D eigenvalue weighted by molar-refractivity contribution is 5.91. The van der Waals surface area contributed by atoms with Gasteiger partial charge in [0.2, 0.25) is 5.91 Å². The van der Waals surface area contributed by atoms with Gasteiger partial charge in [0.1, 0.15) is 24.6 Å². The molecule has 2 aromatic heterocycles. The molecule has 0 aliphatic carbocycles. The molecule has 0 atom stereocenters. The summed E-state index contributed by atoms with van der Waals surface area (Å²) < 4.78 is 17.8. The highest BCUT2D eigenvalue weighted by Gasteiger charge is 2.05. The maximum absolute atomic E-state index is 11.8. The van der Waals surface area contributed by atoms with Gasteiger partial charge in [-0.15, -0.1) is 0 Å². The van der Waals surface area contributed by atoms with E-state index in [4.69, 9.17) is 14.2 Å². The summed E-state index contributed by atoms with van der Waals surface area (Å²) in [4.78, 5) is 16.3. The lowest BCUT2D eigenvalue weighted by atomic mass is 10.3. The quantitative estimate of drug-likeness (QED) is 0.597. The number of fused-ring (bicyclic) bond motifs is 1. The molecule has 0 bridgehead atoms. The third kappa shape index (κ3) is 5.05. The van der Waals surface area contributed by atoms with E-state index in [1.165, 1.54) is 0 Å². The number of hydrogen-bond acceptors (Lipinski definition) is 5. The van der Waals surface area contributed by atoms with E-state index in [2.05, 4.69) is 10.3 Å². The average Bonchev–Trinajstić information content (AvgIpc) is 3.07. The maximum Gasteiger partial charge on any atom is 0.250 e. The van der Waals surface area contributed by atoms with E-state index in [1.807, 2.05) is 47.1 Å². The third-order valence-electron chi connectivity index (χ3n) is 3.58. The van der Waals surface area contributed by atoms with Crippen molar-refractivity contribution in [1.29, 1.82) is 0 Å². The van der Waals surface area contributed by atoms with Crippen molar-refractivity contribution < 1.29 is 19.0 Å². The molecule has 0 saturated carbocycles. The molecular formula is C19H21N3O4. The van der Waals surface area contributed by atoms with Crippen molar-refractivity contribution in [3.05, 3.63) is 60.6 Å². The SMILES string of the molecule is COCCOCC(=O)Nc1cccc(OCc2cn3ccccc3n2)c1. The second kappa shape index (κ2) is 8.98. The molecule has 1 N–H and O–H groups in total. The normalized spacial score (nSPS) is 10.8. The van der Waals surface area contributed by atoms with Crippen LogP contribution >= 0.6 is 0 Å². The Labute approximate surface area is 151 Å². The van der Waals surface area contributed by atoms with E-state index >= 15 is 0 Å². The fraction of sp³-hybridized carbons (Fsp3) is 0.263. The number of nitrogens with zero attached hydrogens (tertiary/aromatic N) is 2. The second-order valence-corrected chi connectivity index (χ2v) is 5.61. The molecule has 7 nitrogen and oxygen atoms in total. The summed E-state index contributed by atoms with van der Waals surface area (Å²) in [5.74, 6) is 0.429. The lowest BCUT2D eigenvalue weighted by molar-refractivity contribution is -0.121. The summed E-state index contributed by atoms with van der Waals surface area (Å²) in [5.41, 5.74) is 2.36. The molecule has 0 aliphatic heterocycles. The number of rotatable bonds is 9. The number of pyridine rings is 1. The van der Waals surface area contributed by atoms with Crippen LogP contribution in [-0.4, -0.2) is 42.2 Å². The van der Waals surface area contributed by atoms with Gasteiger partial charge >= 0.3 is 0 Å². The Morgan fingerprint density at radius 1 is 1.19 bits per heavy atom. The van der Waals surface area contributed by atoms with Crippen molar-refractivity contribution in [2.24, 2.45) is 0 Å². The van der Waals surface area contributed by atoms with Gasteiger partial charge in [0.05, 0.1) is 18.9 Å². The molecular weight excluding hydrogens is 334 g/mol. The number of carbonyl (C=O) groups is 1. The van der Waals surface area contributed by atoms with E-state index in [1.54, 1.807) is 19.2 Å². The number of anilines is 1. The minimum atomic E-state index is -0.224. The van der Waals surface area contributed by atoms with Crippen LogP contribution in [0.2, 0.25) is 0 Å². The zero-order chi connectivity index (χ0) is 18.2. The van der Waals surface area contributed by atoms with Crippen molar-refractivity contribution in [1.82, 2.24) is 9.38 Å². The fourth-order valence-corrected chi connectivity index (χ4v) is 2.38. The molecule has 0 spiro atoms. The van der Waals surface area contributed by atoms with Crippen LogP contribution in [0.3, 0.4) is 0 Å². The Morgan fingerprint density at radius 2 is 2.12 bits per heavy atom. The van der Waals surface area contributed by atoms with Gasteiger partial charge in [-0.25, -0.2) is 4.98 Å². The molecule has 0 unspecified atom stereocenters. The molecule has 3 aromatic rings. The van der Waals surface area contributed by atoms with Gasteiger partial charge in [-0.1, -0.05) is 12.1 Å². The lowest BCUT2D eigenvalue weighted by Gasteiger charge is -2.09. The molecule has 136 valence electrons. The number of nitrogens with one attached hydrogen (secondary N) is 1. The highest BCUT2D eigenvalue weighted by atomic mass is 16.5. The van der Waals surface area contributed by atoms with Crippen molar-refractivity contribution in [2.75, 3.05) is 32.2 Å². The van der Waals surface area contributed by atoms with Gasteiger partial charge in [0.25, 0.3) is 0 Å². The van der Waals surface area contributed by atoms with Crippen molar-refractivity contribution >= 4 is 17.2 Å². The first-order valence-electron chi connectivity index (χ1n) is 8.26. The van der Waals surface area contributed by atoms with Crippen LogP contribution in [0.1, 0.15) is 5.69 Å². The van der Waals surface area contributed by atoms with Crippen LogP contribution in [0.4, 0.5) is 5.69 Å². The predicted octanol–water partition coefficient (Wildman–Crippen LogP) is 2.51. The summed E-state index contributed by atoms with van der Waals surface area (Å²) >= 11 is 0. The third-order valence-corrected chi connectivity index (χ3v) is 3.58. The molecule has 0 fully saturated rings. The van der Waals surface area contributed by atoms with Gasteiger partial charge in [0.15, 0.2) is 0 Å². The first-order chi connectivity index (χ1) is 12.7. The molecule has 26 heavy (non-hydrogen) atoms. The Bertz CT molecular complexity index is 830. The fourth-order valence-electron chi connectivity index (χ4n) is 2.38. The number of hydrogen-bond donors (Lipinski definition) is 1. The van der Waals surface area contributed by atoms with Crippen LogP contribution in [-0.2, 0) is 20.9 Å². The van der Waals surface area contributed by atoms with E-state index in [-0.39, 0.29) is 12.5 Å². The van der Waals surface area contributed by atoms with E-state index < -0.39 is 0 Å². The number of benzene rings is 1. The van der Waals surface area contributed by atoms with Gasteiger partial charge < -0.3 is 23.9 Å². The molecule has 3 rings (SSSR count). The zero-order valence-electron chi connectivity index (χ0n) is 14.6. The minimum absolute atomic E-state index is 0.0182. The molecule has 2 heterocycles. The van der Waals surface area contributed by atoms with Crippen LogP contribution in [0, 0.1) is 0 Å². The summed E-state index contributed by atoms with van der Waals surface area (Å²) in [6, 6.07) is 13.0. The van der Waals surface area contributed by atoms with Crippen LogP contribution in [0.15, 0.2) is 54.9 Å². The average molecular weight is 355 g/mol. The number of aromatic nitrogens is 2. The van der Waals surface area contributed by atoms with Crippen LogP contribution in [0.5, 0.6) is 5.75 Å². The van der Waals surface area contributed by atoms with E-state index in [0.717, 1.165) is 11.3 Å². The smallest absolute Gasteiger partial charge is 0.250 e. The van der Waals surface area contributed by atoms with Crippen molar-refractivity contribution in [2.45, 2.75) is 6.61 Å². The Kier molecular flexibility index (Phi) is 6.19. The number of carbonyl (C=O) groups excluding carboxylic acids is 1. The van der Waals surface area contributed by atoms with Crippen molar-refractivity contribution in [3.8, 4) is 5.75 Å². The van der Waals surface area contributed by atoms with Crippen LogP contribution in [0.25, 0.3) is 5.65 Å². The molecule has 0 aliphatic rings. The zero-order valence-corrected chi connectivity index (χ0v) is 14.6. The Morgan fingerprint density at radius 3 is 2.96 bits per heavy atom. The predicted molar refractivity (Wildman–Crippen MR) is 97.3 cm³/mol. The Balaban J connectivity index is 1.52. The monoisotopic (exact) mass is 355 g/mol. The number of ether oxygens (including phenoxy) is 3. The van der Waals surface area contributed by atoms with Gasteiger partial charge in [-0.2, -0.15) is 0 Å². The summed E-state index contributed by atoms with van der Waals surface area (Å²) in [5, 5.41) is 2.77. The van der Waals surface area contributed by atoms with E-state index in [9.17, 15) is 4.79 Å². The molecule has 1 amide bonds. The van der Waals surface area contributed by atoms with Gasteiger partial charge in [-0.05, 0) is 24.3 Å². The number of methoxy groups -OCH3 is 1. The molecule has 7 heteroatoms. The first-order valence-corrected chi connectivity index (χ1v) is 8.26. The minimum Gasteiger partial charge on any atom is -0.487 e. The molecule has 0 saturated heterocycles. The number of amides is 1. The largest absolute Gasteiger partial charge is 0.487 e. The van der Waals surface area contributed by atoms with Crippen LogP contribution < -0.4 is 10.1 Å². The molecule has 1 aromatic carbocycles. The topological polar surface area (TPSA) is 74.1 Å². The number of imidazole rings is 1. The van der Waals surface area contributed by atoms with Gasteiger partial charge in [0, 0.05) is 31.3 Å². The standard InChI is InChI=1S/C19H21N3O4/c1-24-9-10-25-14-19(23)21-15-5-4-6-17(11-15)26-13-16-12-22-8-3-2-7-18(22)20-16/h2-8,11-12H,9-10,13-14H2,1H3,(H,21,23). The molecule has 0 radical (unpaired) electrons. The Hall–Kier alpha value is -2.90. The summed E-state index contributed by atoms with van der Waals surface area (Å²) in [7, 11) is 1.58. The maximum atomic E-state index is 11.8. The lowest BCUT2D eigenvalue weighted by Crippen LogP contribution is -2.19. The summed E-state index contributed by atoms with van der Waals surface area (Å²) in [6.45, 7) is 1.17. The van der Waals surface area contributed by atoms with Gasteiger partial charge in [-0.3, -0.25) is 4.79 Å². The first kappa shape index (κ1) is 17.9. The van der Waals surface area contributed by atoms with Crippen molar-refractivity contribution in [3.63, 3.8) is 0 Å². The van der Waals surface area contributed by atoms with E-state index in [0.29, 0.717) is 31.3 Å². The highest BCUT2D eigenvalue weighted by Crippen LogP contribution is 2.18. The second-order valence-electron chi connectivity index (χ2n) is 5.61.